The number of fused-ring (bicyclic) bond motifs is 24. The molecule has 2 aromatic carbocycles. The topological polar surface area (TPSA) is 26.3 Å². The summed E-state index contributed by atoms with van der Waals surface area (Å²) in [6.45, 7) is 0. The average Bonchev–Trinajstić information content (AvgIpc) is 3.72. The number of ether oxygens (including phenoxy) is 1. The molecule has 178 valence electrons. The van der Waals surface area contributed by atoms with Crippen LogP contribution in [0.15, 0.2) is 54.6 Å². The molecule has 2 heteroatoms. The third-order valence-corrected chi connectivity index (χ3v) is 13.4. The number of hydrogen-bond donors (Lipinski definition) is 0. The third kappa shape index (κ3) is 2.12. The minimum absolute atomic E-state index is 0.0894. The SMILES string of the molecule is O=C(OC1CC2CC1C1C3CC(C21)C1C2CC(C4C5C=CC(C5)C24)C31)c1cccc2ccccc12. The van der Waals surface area contributed by atoms with Gasteiger partial charge in [-0.05, 0) is 132 Å². The predicted octanol–water partition coefficient (Wildman–Crippen LogP) is 6.61. The second-order valence-electron chi connectivity index (χ2n) is 13.9. The summed E-state index contributed by atoms with van der Waals surface area (Å²) < 4.78 is 6.39. The molecule has 0 aliphatic heterocycles. The van der Waals surface area contributed by atoms with Crippen molar-refractivity contribution in [3.05, 3.63) is 60.2 Å². The molecule has 10 rings (SSSR count). The largest absolute Gasteiger partial charge is 0.458 e. The van der Waals surface area contributed by atoms with E-state index >= 15 is 0 Å². The molecule has 2 aromatic rings. The predicted molar refractivity (Wildman–Crippen MR) is 134 cm³/mol. The summed E-state index contributed by atoms with van der Waals surface area (Å²) in [6.07, 6.45) is 12.4. The Morgan fingerprint density at radius 3 is 2.09 bits per heavy atom. The molecule has 0 amide bonds. The molecule has 0 spiro atoms. The van der Waals surface area contributed by atoms with E-state index in [4.69, 9.17) is 4.74 Å². The minimum Gasteiger partial charge on any atom is -0.458 e. The molecule has 15 unspecified atom stereocenters. The third-order valence-electron chi connectivity index (χ3n) is 13.4. The normalized spacial score (nSPS) is 54.6. The van der Waals surface area contributed by atoms with E-state index in [1.807, 2.05) is 24.3 Å². The lowest BCUT2D eigenvalue weighted by molar-refractivity contribution is -0.0539. The number of hydrogen-bond acceptors (Lipinski definition) is 2. The molecule has 8 aliphatic carbocycles. The van der Waals surface area contributed by atoms with Crippen LogP contribution in [0, 0.1) is 82.9 Å². The van der Waals surface area contributed by atoms with Crippen LogP contribution < -0.4 is 0 Å². The summed E-state index contributed by atoms with van der Waals surface area (Å²) in [5, 5.41) is 2.15. The van der Waals surface area contributed by atoms with Crippen molar-refractivity contribution in [2.75, 3.05) is 0 Å². The molecule has 15 atom stereocenters. The van der Waals surface area contributed by atoms with Crippen LogP contribution in [0.25, 0.3) is 10.8 Å². The molecule has 35 heavy (non-hydrogen) atoms. The van der Waals surface area contributed by atoms with Gasteiger partial charge >= 0.3 is 5.97 Å². The van der Waals surface area contributed by atoms with Gasteiger partial charge in [0.1, 0.15) is 6.10 Å². The smallest absolute Gasteiger partial charge is 0.339 e. The Morgan fingerprint density at radius 2 is 1.29 bits per heavy atom. The summed E-state index contributed by atoms with van der Waals surface area (Å²) in [5.74, 6) is 13.3. The van der Waals surface area contributed by atoms with E-state index in [1.165, 1.54) is 19.3 Å². The highest BCUT2D eigenvalue weighted by Gasteiger charge is 2.76. The molecule has 8 bridgehead atoms. The van der Waals surface area contributed by atoms with Crippen molar-refractivity contribution in [1.82, 2.24) is 0 Å². The van der Waals surface area contributed by atoms with Crippen molar-refractivity contribution < 1.29 is 9.53 Å². The van der Waals surface area contributed by atoms with Crippen LogP contribution in [0.5, 0.6) is 0 Å². The minimum atomic E-state index is -0.0894. The molecule has 2 nitrogen and oxygen atoms in total. The zero-order valence-corrected chi connectivity index (χ0v) is 20.2. The molecule has 0 saturated heterocycles. The van der Waals surface area contributed by atoms with E-state index in [0.29, 0.717) is 5.92 Å². The first-order valence-corrected chi connectivity index (χ1v) is 14.6. The van der Waals surface area contributed by atoms with Gasteiger partial charge in [-0.25, -0.2) is 4.79 Å². The maximum atomic E-state index is 13.4. The van der Waals surface area contributed by atoms with Crippen molar-refractivity contribution in [3.63, 3.8) is 0 Å². The van der Waals surface area contributed by atoms with Crippen molar-refractivity contribution >= 4 is 16.7 Å². The van der Waals surface area contributed by atoms with Crippen LogP contribution in [-0.4, -0.2) is 12.1 Å². The number of carbonyl (C=O) groups excluding carboxylic acids is 1. The van der Waals surface area contributed by atoms with Crippen molar-refractivity contribution in [2.24, 2.45) is 82.9 Å². The Labute approximate surface area is 207 Å². The van der Waals surface area contributed by atoms with E-state index in [0.717, 1.165) is 99.7 Å². The fourth-order valence-electron chi connectivity index (χ4n) is 13.2. The maximum Gasteiger partial charge on any atom is 0.339 e. The van der Waals surface area contributed by atoms with Gasteiger partial charge in [0.25, 0.3) is 0 Å². The van der Waals surface area contributed by atoms with Crippen molar-refractivity contribution in [1.29, 1.82) is 0 Å². The number of rotatable bonds is 2. The van der Waals surface area contributed by atoms with Crippen LogP contribution in [-0.2, 0) is 4.74 Å². The molecule has 7 saturated carbocycles. The highest BCUT2D eigenvalue weighted by atomic mass is 16.5. The first kappa shape index (κ1) is 19.1. The molecule has 8 aliphatic rings. The van der Waals surface area contributed by atoms with Crippen LogP contribution >= 0.6 is 0 Å². The van der Waals surface area contributed by atoms with Gasteiger partial charge < -0.3 is 4.74 Å². The summed E-state index contributed by atoms with van der Waals surface area (Å²) in [4.78, 5) is 13.4. The van der Waals surface area contributed by atoms with Crippen molar-refractivity contribution in [2.45, 2.75) is 38.2 Å². The van der Waals surface area contributed by atoms with Gasteiger partial charge in [-0.2, -0.15) is 0 Å². The van der Waals surface area contributed by atoms with Crippen LogP contribution in [0.2, 0.25) is 0 Å². The monoisotopic (exact) mass is 462 g/mol. The van der Waals surface area contributed by atoms with E-state index in [2.05, 4.69) is 30.4 Å². The summed E-state index contributed by atoms with van der Waals surface area (Å²) in [5.41, 5.74) is 0.749. The number of benzene rings is 2. The average molecular weight is 463 g/mol. The Bertz CT molecular complexity index is 1300. The van der Waals surface area contributed by atoms with Gasteiger partial charge in [-0.1, -0.05) is 48.6 Å². The van der Waals surface area contributed by atoms with E-state index < -0.39 is 0 Å². The zero-order chi connectivity index (χ0) is 22.6. The summed E-state index contributed by atoms with van der Waals surface area (Å²) >= 11 is 0. The van der Waals surface area contributed by atoms with Gasteiger partial charge in [0.15, 0.2) is 0 Å². The maximum absolute atomic E-state index is 13.4. The number of allylic oxidation sites excluding steroid dienone is 2. The van der Waals surface area contributed by atoms with E-state index in [1.54, 1.807) is 6.42 Å². The quantitative estimate of drug-likeness (QED) is 0.285. The fraction of sp³-hybridized carbons (Fsp3) is 0.606. The van der Waals surface area contributed by atoms with Crippen LogP contribution in [0.1, 0.15) is 42.5 Å². The van der Waals surface area contributed by atoms with Gasteiger partial charge in [0.05, 0.1) is 5.56 Å². The second kappa shape index (κ2) is 6.24. The summed E-state index contributed by atoms with van der Waals surface area (Å²) in [6, 6.07) is 14.3. The van der Waals surface area contributed by atoms with Crippen molar-refractivity contribution in [3.8, 4) is 0 Å². The Morgan fingerprint density at radius 1 is 0.629 bits per heavy atom. The van der Waals surface area contributed by atoms with Crippen LogP contribution in [0.4, 0.5) is 0 Å². The van der Waals surface area contributed by atoms with Crippen LogP contribution in [0.3, 0.4) is 0 Å². The van der Waals surface area contributed by atoms with E-state index in [-0.39, 0.29) is 12.1 Å². The number of carbonyl (C=O) groups is 1. The van der Waals surface area contributed by atoms with Gasteiger partial charge in [0.2, 0.25) is 0 Å². The first-order valence-electron chi connectivity index (χ1n) is 14.6. The Hall–Kier alpha value is -2.09. The zero-order valence-electron chi connectivity index (χ0n) is 20.2. The lowest BCUT2D eigenvalue weighted by Crippen LogP contribution is -2.48. The lowest BCUT2D eigenvalue weighted by atomic mass is 9.55. The Balaban J connectivity index is 0.943. The summed E-state index contributed by atoms with van der Waals surface area (Å²) in [7, 11) is 0. The van der Waals surface area contributed by atoms with Gasteiger partial charge in [0, 0.05) is 0 Å². The van der Waals surface area contributed by atoms with Gasteiger partial charge in [-0.15, -0.1) is 0 Å². The standard InChI is InChI=1S/C33H34O2/c34-33(20-7-3-5-15-4-1-2-6-19(15)20)35-26-12-18-11-21(26)30-25-14-24(29(18)30)31-22-13-23(32(25)31)28-17-9-8-16(10-17)27(22)28/h1-9,16-18,21-32H,10-14H2. The molecule has 0 radical (unpaired) electrons. The molecule has 7 fully saturated rings. The molecular weight excluding hydrogens is 428 g/mol. The Kier molecular flexibility index (Phi) is 3.40. The molecule has 0 N–H and O–H groups in total. The highest BCUT2D eigenvalue weighted by molar-refractivity contribution is 6.04. The van der Waals surface area contributed by atoms with Gasteiger partial charge in [-0.3, -0.25) is 0 Å². The molecule has 0 aromatic heterocycles. The van der Waals surface area contributed by atoms with E-state index in [9.17, 15) is 4.79 Å². The molecule has 0 heterocycles. The molecular formula is C33H34O2. The second-order valence-corrected chi connectivity index (χ2v) is 13.9. The lowest BCUT2D eigenvalue weighted by Gasteiger charge is -2.50. The first-order chi connectivity index (χ1) is 17.3. The highest BCUT2D eigenvalue weighted by Crippen LogP contribution is 2.80. The fourth-order valence-corrected chi connectivity index (χ4v) is 13.2. The number of esters is 1.